The van der Waals surface area contributed by atoms with E-state index in [9.17, 15) is 0 Å². The first-order valence-corrected chi connectivity index (χ1v) is 23.7. The van der Waals surface area contributed by atoms with E-state index in [0.717, 1.165) is 11.4 Å². The van der Waals surface area contributed by atoms with Crippen LogP contribution in [0.2, 0.25) is 13.1 Å². The van der Waals surface area contributed by atoms with Crippen molar-refractivity contribution < 1.29 is 0 Å². The monoisotopic (exact) mass is 769 g/mol. The van der Waals surface area contributed by atoms with Gasteiger partial charge in [0, 0.05) is 16.9 Å². The average Bonchev–Trinajstić information content (AvgIpc) is 3.73. The average molecular weight is 770 g/mol. The van der Waals surface area contributed by atoms with Crippen molar-refractivity contribution in [3.05, 3.63) is 247 Å². The fraction of sp³-hybridized carbons (Fsp3) is 0.0526. The van der Waals surface area contributed by atoms with Crippen LogP contribution >= 0.6 is 0 Å². The van der Waals surface area contributed by atoms with Gasteiger partial charge in [-0.05, 0) is 108 Å². The maximum atomic E-state index is 2.50. The van der Waals surface area contributed by atoms with E-state index in [-0.39, 0.29) is 0 Å². The van der Waals surface area contributed by atoms with E-state index < -0.39 is 13.5 Å². The Labute approximate surface area is 348 Å². The molecule has 2 heteroatoms. The minimum atomic E-state index is -1.96. The molecule has 1 aliphatic heterocycles. The molecule has 0 saturated carbocycles. The summed E-state index contributed by atoms with van der Waals surface area (Å²) in [6.07, 6.45) is 0. The first-order chi connectivity index (χ1) is 29.0. The largest absolute Gasteiger partial charge is 0.310 e. The third-order valence-corrected chi connectivity index (χ3v) is 16.5. The van der Waals surface area contributed by atoms with Gasteiger partial charge in [-0.1, -0.05) is 201 Å². The van der Waals surface area contributed by atoms with Crippen LogP contribution in [0.3, 0.4) is 0 Å². The molecule has 9 aromatic rings. The lowest BCUT2D eigenvalue weighted by molar-refractivity contribution is 0.768. The highest BCUT2D eigenvalue weighted by Gasteiger charge is 2.46. The summed E-state index contributed by atoms with van der Waals surface area (Å²) in [5, 5.41) is 3.01. The summed E-state index contributed by atoms with van der Waals surface area (Å²) in [6, 6.07) is 83.4. The molecule has 280 valence electrons. The molecular formula is C57H43NSi. The molecule has 0 amide bonds. The molecule has 0 unspecified atom stereocenters. The first kappa shape index (κ1) is 35.2. The zero-order chi connectivity index (χ0) is 39.6. The third kappa shape index (κ3) is 5.44. The van der Waals surface area contributed by atoms with Crippen molar-refractivity contribution in [2.75, 3.05) is 4.90 Å². The highest BCUT2D eigenvalue weighted by molar-refractivity contribution is 7.03. The molecule has 2 aliphatic rings. The molecule has 59 heavy (non-hydrogen) atoms. The summed E-state index contributed by atoms with van der Waals surface area (Å²) in [5.41, 5.74) is 18.3. The molecule has 1 heterocycles. The van der Waals surface area contributed by atoms with Gasteiger partial charge in [0.2, 0.25) is 0 Å². The van der Waals surface area contributed by atoms with Gasteiger partial charge >= 0.3 is 0 Å². The standard InChI is InChI=1S/C57H43NSi/c1-59(2)55-29-17-14-26-49(55)50-36-35-46(39-56(50)59)58(54-37-30-42(40-18-6-3-7-19-40)38-51(54)41-20-8-4-9-21-41)45-33-31-44(32-34-45)57(43-22-10-5-11-23-43)52-27-15-12-24-47(52)48-25-13-16-28-53(48)57/h3-39H,1-2H3. The second kappa shape index (κ2) is 13.8. The highest BCUT2D eigenvalue weighted by atomic mass is 28.3. The molecule has 0 aromatic heterocycles. The summed E-state index contributed by atoms with van der Waals surface area (Å²) in [7, 11) is -1.96. The van der Waals surface area contributed by atoms with Crippen LogP contribution in [-0.2, 0) is 5.41 Å². The quantitative estimate of drug-likeness (QED) is 0.146. The van der Waals surface area contributed by atoms with E-state index in [1.54, 1.807) is 0 Å². The minimum absolute atomic E-state index is 0.459. The molecule has 0 atom stereocenters. The summed E-state index contributed by atoms with van der Waals surface area (Å²) in [4.78, 5) is 2.50. The van der Waals surface area contributed by atoms with Crippen molar-refractivity contribution in [1.82, 2.24) is 0 Å². The second-order valence-electron chi connectivity index (χ2n) is 16.5. The van der Waals surface area contributed by atoms with Crippen LogP contribution in [-0.4, -0.2) is 8.07 Å². The Balaban J connectivity index is 1.14. The van der Waals surface area contributed by atoms with Crippen molar-refractivity contribution in [1.29, 1.82) is 0 Å². The number of rotatable bonds is 7. The van der Waals surface area contributed by atoms with Gasteiger partial charge in [0.1, 0.15) is 8.07 Å². The van der Waals surface area contributed by atoms with Crippen molar-refractivity contribution in [3.63, 3.8) is 0 Å². The fourth-order valence-corrected chi connectivity index (χ4v) is 13.3. The van der Waals surface area contributed by atoms with E-state index >= 15 is 0 Å². The van der Waals surface area contributed by atoms with Crippen LogP contribution in [0.4, 0.5) is 17.1 Å². The highest BCUT2D eigenvalue weighted by Crippen LogP contribution is 2.56. The third-order valence-electron chi connectivity index (χ3n) is 13.0. The zero-order valence-electron chi connectivity index (χ0n) is 33.3. The van der Waals surface area contributed by atoms with Gasteiger partial charge in [-0.3, -0.25) is 0 Å². The summed E-state index contributed by atoms with van der Waals surface area (Å²) < 4.78 is 0. The number of benzene rings is 9. The van der Waals surface area contributed by atoms with E-state index in [1.165, 1.54) is 82.8 Å². The van der Waals surface area contributed by atoms with Crippen LogP contribution in [0.1, 0.15) is 22.3 Å². The molecule has 1 aliphatic carbocycles. The van der Waals surface area contributed by atoms with Gasteiger partial charge in [-0.25, -0.2) is 0 Å². The lowest BCUT2D eigenvalue weighted by Gasteiger charge is -2.35. The molecule has 0 fully saturated rings. The Bertz CT molecular complexity index is 2960. The van der Waals surface area contributed by atoms with Gasteiger partial charge in [0.25, 0.3) is 0 Å². The molecule has 0 saturated heterocycles. The maximum Gasteiger partial charge on any atom is 0.113 e. The Morgan fingerprint density at radius 2 is 0.847 bits per heavy atom. The first-order valence-electron chi connectivity index (χ1n) is 20.7. The normalized spacial score (nSPS) is 13.9. The van der Waals surface area contributed by atoms with Crippen molar-refractivity contribution in [2.24, 2.45) is 0 Å². The zero-order valence-corrected chi connectivity index (χ0v) is 34.3. The van der Waals surface area contributed by atoms with Crippen molar-refractivity contribution >= 4 is 35.5 Å². The van der Waals surface area contributed by atoms with E-state index in [2.05, 4.69) is 242 Å². The van der Waals surface area contributed by atoms with E-state index in [0.29, 0.717) is 0 Å². The van der Waals surface area contributed by atoms with Gasteiger partial charge in [0.15, 0.2) is 0 Å². The summed E-state index contributed by atoms with van der Waals surface area (Å²) in [6.45, 7) is 5.01. The molecule has 0 spiro atoms. The number of fused-ring (bicyclic) bond motifs is 6. The maximum absolute atomic E-state index is 2.50. The molecule has 1 nitrogen and oxygen atoms in total. The molecular weight excluding hydrogens is 727 g/mol. The van der Waals surface area contributed by atoms with Gasteiger partial charge < -0.3 is 4.90 Å². The predicted molar refractivity (Wildman–Crippen MR) is 251 cm³/mol. The lowest BCUT2D eigenvalue weighted by atomic mass is 9.68. The summed E-state index contributed by atoms with van der Waals surface area (Å²) >= 11 is 0. The Kier molecular flexibility index (Phi) is 8.25. The van der Waals surface area contributed by atoms with Crippen LogP contribution in [0.5, 0.6) is 0 Å². The van der Waals surface area contributed by atoms with Crippen LogP contribution in [0.25, 0.3) is 44.5 Å². The number of hydrogen-bond acceptors (Lipinski definition) is 1. The van der Waals surface area contributed by atoms with Crippen LogP contribution < -0.4 is 15.3 Å². The Morgan fingerprint density at radius 1 is 0.339 bits per heavy atom. The predicted octanol–water partition coefficient (Wildman–Crippen LogP) is 13.7. The SMILES string of the molecule is C[Si]1(C)c2ccccc2-c2ccc(N(c3ccc(C4(c5ccccc5)c5ccccc5-c5ccccc54)cc3)c3ccc(-c4ccccc4)cc3-c3ccccc3)cc21. The topological polar surface area (TPSA) is 3.24 Å². The molecule has 0 N–H and O–H groups in total. The van der Waals surface area contributed by atoms with Gasteiger partial charge in [-0.2, -0.15) is 0 Å². The number of anilines is 3. The number of nitrogens with zero attached hydrogens (tertiary/aromatic N) is 1. The second-order valence-corrected chi connectivity index (χ2v) is 20.8. The minimum Gasteiger partial charge on any atom is -0.310 e. The molecule has 9 aromatic carbocycles. The van der Waals surface area contributed by atoms with E-state index in [1.807, 2.05) is 0 Å². The molecule has 11 rings (SSSR count). The summed E-state index contributed by atoms with van der Waals surface area (Å²) in [5.74, 6) is 0. The van der Waals surface area contributed by atoms with Gasteiger partial charge in [-0.15, -0.1) is 0 Å². The Hall–Kier alpha value is -7.00. The van der Waals surface area contributed by atoms with Crippen molar-refractivity contribution in [2.45, 2.75) is 18.5 Å². The van der Waals surface area contributed by atoms with Crippen LogP contribution in [0.15, 0.2) is 224 Å². The van der Waals surface area contributed by atoms with E-state index in [4.69, 9.17) is 0 Å². The molecule has 0 bridgehead atoms. The number of hydrogen-bond donors (Lipinski definition) is 0. The van der Waals surface area contributed by atoms with Crippen LogP contribution in [0, 0.1) is 0 Å². The fourth-order valence-electron chi connectivity index (χ4n) is 10.2. The van der Waals surface area contributed by atoms with Crippen molar-refractivity contribution in [3.8, 4) is 44.5 Å². The Morgan fingerprint density at radius 3 is 1.51 bits per heavy atom. The lowest BCUT2D eigenvalue weighted by Crippen LogP contribution is -2.49. The smallest absolute Gasteiger partial charge is 0.113 e. The molecule has 0 radical (unpaired) electrons. The van der Waals surface area contributed by atoms with Gasteiger partial charge in [0.05, 0.1) is 11.1 Å².